The fraction of sp³-hybridized carbons (Fsp3) is 0.533. The molecule has 0 bridgehead atoms. The van der Waals surface area contributed by atoms with Crippen molar-refractivity contribution < 1.29 is 0 Å². The fourth-order valence-electron chi connectivity index (χ4n) is 2.90. The molecule has 0 aliphatic heterocycles. The van der Waals surface area contributed by atoms with E-state index in [0.717, 1.165) is 24.0 Å². The van der Waals surface area contributed by atoms with Crippen molar-refractivity contribution in [1.29, 1.82) is 0 Å². The molecule has 1 saturated carbocycles. The van der Waals surface area contributed by atoms with Gasteiger partial charge in [0.1, 0.15) is 5.82 Å². The standard InChI is InChI=1S/C15H20IN5/c1-3-17-13-11(16)12(10-6-4-5-7-10)19-14(20-13)15-18-8-9-21(15)2/h8-10H,3-7H2,1-2H3,(H,17,19,20). The first kappa shape index (κ1) is 14.7. The second-order valence-electron chi connectivity index (χ2n) is 5.47. The number of rotatable bonds is 4. The number of anilines is 1. The number of nitrogens with zero attached hydrogens (tertiary/aromatic N) is 4. The van der Waals surface area contributed by atoms with E-state index in [1.165, 1.54) is 34.9 Å². The molecule has 2 aromatic rings. The zero-order chi connectivity index (χ0) is 14.8. The summed E-state index contributed by atoms with van der Waals surface area (Å²) in [6.07, 6.45) is 8.80. The summed E-state index contributed by atoms with van der Waals surface area (Å²) in [4.78, 5) is 13.9. The van der Waals surface area contributed by atoms with Gasteiger partial charge in [-0.15, -0.1) is 0 Å². The lowest BCUT2D eigenvalue weighted by Crippen LogP contribution is -2.11. The summed E-state index contributed by atoms with van der Waals surface area (Å²) in [6.45, 7) is 2.95. The second-order valence-corrected chi connectivity index (χ2v) is 6.55. The summed E-state index contributed by atoms with van der Waals surface area (Å²) in [6, 6.07) is 0. The van der Waals surface area contributed by atoms with E-state index in [0.29, 0.717) is 5.92 Å². The Hall–Kier alpha value is -1.18. The van der Waals surface area contributed by atoms with E-state index in [4.69, 9.17) is 4.98 Å². The molecule has 1 N–H and O–H groups in total. The Kier molecular flexibility index (Phi) is 4.42. The van der Waals surface area contributed by atoms with E-state index < -0.39 is 0 Å². The van der Waals surface area contributed by atoms with E-state index in [1.807, 2.05) is 17.8 Å². The highest BCUT2D eigenvalue weighted by molar-refractivity contribution is 14.1. The molecule has 0 unspecified atom stereocenters. The normalized spacial score (nSPS) is 15.6. The average Bonchev–Trinajstić information content (AvgIpc) is 3.13. The maximum absolute atomic E-state index is 4.86. The zero-order valence-electron chi connectivity index (χ0n) is 12.4. The lowest BCUT2D eigenvalue weighted by molar-refractivity contribution is 0.689. The van der Waals surface area contributed by atoms with Crippen molar-refractivity contribution in [2.75, 3.05) is 11.9 Å². The van der Waals surface area contributed by atoms with Crippen LogP contribution in [-0.4, -0.2) is 26.1 Å². The van der Waals surface area contributed by atoms with E-state index in [2.05, 4.69) is 44.8 Å². The van der Waals surface area contributed by atoms with Gasteiger partial charge in [-0.1, -0.05) is 12.8 Å². The number of aromatic nitrogens is 4. The minimum Gasteiger partial charge on any atom is -0.369 e. The third kappa shape index (κ3) is 2.90. The first-order chi connectivity index (χ1) is 10.2. The Morgan fingerprint density at radius 1 is 1.33 bits per heavy atom. The number of hydrogen-bond acceptors (Lipinski definition) is 4. The van der Waals surface area contributed by atoms with Gasteiger partial charge in [-0.3, -0.25) is 0 Å². The molecule has 21 heavy (non-hydrogen) atoms. The molecule has 0 aromatic carbocycles. The zero-order valence-corrected chi connectivity index (χ0v) is 14.6. The quantitative estimate of drug-likeness (QED) is 0.802. The first-order valence-electron chi connectivity index (χ1n) is 7.49. The van der Waals surface area contributed by atoms with Crippen molar-refractivity contribution in [3.63, 3.8) is 0 Å². The van der Waals surface area contributed by atoms with Gasteiger partial charge in [-0.05, 0) is 42.4 Å². The minimum absolute atomic E-state index is 0.566. The number of halogens is 1. The summed E-state index contributed by atoms with van der Waals surface area (Å²) >= 11 is 2.38. The molecule has 1 fully saturated rings. The first-order valence-corrected chi connectivity index (χ1v) is 8.57. The molecule has 0 amide bonds. The van der Waals surface area contributed by atoms with Crippen LogP contribution in [0.4, 0.5) is 5.82 Å². The molecule has 1 aliphatic rings. The molecular formula is C15H20IN5. The van der Waals surface area contributed by atoms with Crippen LogP contribution in [0.5, 0.6) is 0 Å². The fourth-order valence-corrected chi connectivity index (χ4v) is 3.77. The van der Waals surface area contributed by atoms with Crippen LogP contribution < -0.4 is 5.32 Å². The number of imidazole rings is 1. The van der Waals surface area contributed by atoms with E-state index in [9.17, 15) is 0 Å². The molecule has 6 heteroatoms. The van der Waals surface area contributed by atoms with Gasteiger partial charge in [-0.2, -0.15) is 0 Å². The average molecular weight is 397 g/mol. The summed E-state index contributed by atoms with van der Waals surface area (Å²) in [5.74, 6) is 3.05. The van der Waals surface area contributed by atoms with Gasteiger partial charge in [0, 0.05) is 31.9 Å². The van der Waals surface area contributed by atoms with Crippen molar-refractivity contribution >= 4 is 28.4 Å². The molecule has 1 aliphatic carbocycles. The van der Waals surface area contributed by atoms with Crippen LogP contribution in [0.3, 0.4) is 0 Å². The predicted octanol–water partition coefficient (Wildman–Crippen LogP) is 3.57. The Morgan fingerprint density at radius 2 is 2.10 bits per heavy atom. The third-order valence-corrected chi connectivity index (χ3v) is 5.05. The number of aryl methyl sites for hydroxylation is 1. The summed E-state index contributed by atoms with van der Waals surface area (Å²) in [5, 5.41) is 3.37. The molecule has 2 heterocycles. The van der Waals surface area contributed by atoms with Gasteiger partial charge in [0.05, 0.1) is 9.26 Å². The van der Waals surface area contributed by atoms with Crippen LogP contribution in [0.15, 0.2) is 12.4 Å². The summed E-state index contributed by atoms with van der Waals surface area (Å²) in [7, 11) is 1.98. The topological polar surface area (TPSA) is 55.6 Å². The highest BCUT2D eigenvalue weighted by Gasteiger charge is 2.24. The summed E-state index contributed by atoms with van der Waals surface area (Å²) in [5.41, 5.74) is 1.19. The van der Waals surface area contributed by atoms with Gasteiger partial charge in [0.15, 0.2) is 11.6 Å². The Balaban J connectivity index is 2.10. The minimum atomic E-state index is 0.566. The van der Waals surface area contributed by atoms with Crippen LogP contribution in [0.25, 0.3) is 11.6 Å². The molecule has 5 nitrogen and oxygen atoms in total. The smallest absolute Gasteiger partial charge is 0.198 e. The highest BCUT2D eigenvalue weighted by Crippen LogP contribution is 2.37. The van der Waals surface area contributed by atoms with Gasteiger partial charge >= 0.3 is 0 Å². The molecular weight excluding hydrogens is 377 g/mol. The van der Waals surface area contributed by atoms with E-state index in [-0.39, 0.29) is 0 Å². The van der Waals surface area contributed by atoms with Crippen LogP contribution >= 0.6 is 22.6 Å². The molecule has 112 valence electrons. The van der Waals surface area contributed by atoms with Crippen LogP contribution in [0.1, 0.15) is 44.2 Å². The maximum atomic E-state index is 4.86. The molecule has 0 spiro atoms. The van der Waals surface area contributed by atoms with Crippen LogP contribution in [0.2, 0.25) is 0 Å². The van der Waals surface area contributed by atoms with E-state index >= 15 is 0 Å². The Morgan fingerprint density at radius 3 is 2.71 bits per heavy atom. The SMILES string of the molecule is CCNc1nc(-c2nccn2C)nc(C2CCCC2)c1I. The van der Waals surface area contributed by atoms with Crippen LogP contribution in [-0.2, 0) is 7.05 Å². The van der Waals surface area contributed by atoms with Crippen molar-refractivity contribution in [3.8, 4) is 11.6 Å². The second kappa shape index (κ2) is 6.29. The van der Waals surface area contributed by atoms with Crippen molar-refractivity contribution in [3.05, 3.63) is 21.7 Å². The highest BCUT2D eigenvalue weighted by atomic mass is 127. The molecule has 0 saturated heterocycles. The Labute approximate surface area is 138 Å². The molecule has 3 rings (SSSR count). The van der Waals surface area contributed by atoms with Crippen LogP contribution in [0, 0.1) is 3.57 Å². The van der Waals surface area contributed by atoms with Gasteiger partial charge in [0.25, 0.3) is 0 Å². The monoisotopic (exact) mass is 397 g/mol. The maximum Gasteiger partial charge on any atom is 0.198 e. The Bertz CT molecular complexity index is 631. The lowest BCUT2D eigenvalue weighted by atomic mass is 10.0. The molecule has 0 radical (unpaired) electrons. The van der Waals surface area contributed by atoms with Crippen molar-refractivity contribution in [2.24, 2.45) is 7.05 Å². The van der Waals surface area contributed by atoms with Gasteiger partial charge in [0.2, 0.25) is 0 Å². The lowest BCUT2D eigenvalue weighted by Gasteiger charge is -2.16. The molecule has 2 aromatic heterocycles. The largest absolute Gasteiger partial charge is 0.369 e. The summed E-state index contributed by atoms with van der Waals surface area (Å²) < 4.78 is 3.13. The third-order valence-electron chi connectivity index (χ3n) is 3.98. The number of nitrogens with one attached hydrogen (secondary N) is 1. The predicted molar refractivity (Wildman–Crippen MR) is 92.3 cm³/mol. The van der Waals surface area contributed by atoms with Crippen molar-refractivity contribution in [1.82, 2.24) is 19.5 Å². The van der Waals surface area contributed by atoms with Crippen molar-refractivity contribution in [2.45, 2.75) is 38.5 Å². The molecule has 0 atom stereocenters. The number of hydrogen-bond donors (Lipinski definition) is 1. The van der Waals surface area contributed by atoms with E-state index in [1.54, 1.807) is 6.20 Å². The van der Waals surface area contributed by atoms with Gasteiger partial charge in [-0.25, -0.2) is 15.0 Å². The van der Waals surface area contributed by atoms with Gasteiger partial charge < -0.3 is 9.88 Å².